The number of rotatable bonds is 7. The molecule has 20 heavy (non-hydrogen) atoms. The fourth-order valence-electron chi connectivity index (χ4n) is 2.48. The average molecular weight is 282 g/mol. The minimum Gasteiger partial charge on any atom is -0.383 e. The summed E-state index contributed by atoms with van der Waals surface area (Å²) in [6.07, 6.45) is 0. The lowest BCUT2D eigenvalue weighted by Crippen LogP contribution is -2.37. The van der Waals surface area contributed by atoms with Gasteiger partial charge in [-0.3, -0.25) is 0 Å². The van der Waals surface area contributed by atoms with E-state index >= 15 is 0 Å². The van der Waals surface area contributed by atoms with Gasteiger partial charge < -0.3 is 15.0 Å². The monoisotopic (exact) mass is 282 g/mol. The van der Waals surface area contributed by atoms with Gasteiger partial charge in [-0.25, -0.2) is 4.39 Å². The lowest BCUT2D eigenvalue weighted by molar-refractivity contribution is 0.182. The Hall–Kier alpha value is -1.13. The Balaban J connectivity index is 3.28. The van der Waals surface area contributed by atoms with E-state index in [4.69, 9.17) is 4.74 Å². The van der Waals surface area contributed by atoms with E-state index < -0.39 is 0 Å². The zero-order chi connectivity index (χ0) is 15.3. The summed E-state index contributed by atoms with van der Waals surface area (Å²) in [5, 5.41) is 3.19. The van der Waals surface area contributed by atoms with E-state index in [2.05, 4.69) is 24.1 Å². The first kappa shape index (κ1) is 16.9. The molecule has 4 heteroatoms. The van der Waals surface area contributed by atoms with Gasteiger partial charge in [-0.15, -0.1) is 0 Å². The first-order valence-electron chi connectivity index (χ1n) is 7.19. The molecule has 114 valence electrons. The molecule has 0 saturated heterocycles. The molecule has 1 N–H and O–H groups in total. The number of nitrogens with zero attached hydrogens (tertiary/aromatic N) is 1. The second kappa shape index (κ2) is 7.60. The van der Waals surface area contributed by atoms with Gasteiger partial charge in [-0.05, 0) is 58.0 Å². The van der Waals surface area contributed by atoms with E-state index in [0.29, 0.717) is 12.2 Å². The highest BCUT2D eigenvalue weighted by Crippen LogP contribution is 2.30. The molecule has 0 fully saturated rings. The normalized spacial score (nSPS) is 14.2. The maximum Gasteiger partial charge on any atom is 0.126 e. The van der Waals surface area contributed by atoms with Crippen molar-refractivity contribution in [2.75, 3.05) is 32.2 Å². The molecule has 1 rings (SSSR count). The number of anilines is 1. The lowest BCUT2D eigenvalue weighted by atomic mass is 10.0. The van der Waals surface area contributed by atoms with Crippen LogP contribution in [0.25, 0.3) is 0 Å². The number of aryl methyl sites for hydroxylation is 1. The Morgan fingerprint density at radius 2 is 2.00 bits per heavy atom. The Morgan fingerprint density at radius 1 is 1.35 bits per heavy atom. The molecule has 0 radical (unpaired) electrons. The number of likely N-dealkylation sites (N-methyl/N-ethyl adjacent to an activating group) is 1. The average Bonchev–Trinajstić information content (AvgIpc) is 2.42. The molecule has 0 heterocycles. The summed E-state index contributed by atoms with van der Waals surface area (Å²) >= 11 is 0. The van der Waals surface area contributed by atoms with Crippen LogP contribution in [0.3, 0.4) is 0 Å². The molecule has 0 aliphatic heterocycles. The fourth-order valence-corrected chi connectivity index (χ4v) is 2.48. The van der Waals surface area contributed by atoms with Crippen molar-refractivity contribution in [2.45, 2.75) is 39.8 Å². The zero-order valence-electron chi connectivity index (χ0n) is 13.5. The number of halogens is 1. The smallest absolute Gasteiger partial charge is 0.126 e. The maximum absolute atomic E-state index is 13.9. The summed E-state index contributed by atoms with van der Waals surface area (Å²) in [5.74, 6) is -0.152. The van der Waals surface area contributed by atoms with Gasteiger partial charge in [0.05, 0.1) is 6.61 Å². The van der Waals surface area contributed by atoms with Crippen molar-refractivity contribution in [1.82, 2.24) is 5.32 Å². The third kappa shape index (κ3) is 3.70. The molecule has 0 saturated carbocycles. The number of ether oxygens (including phenoxy) is 1. The quantitative estimate of drug-likeness (QED) is 0.830. The van der Waals surface area contributed by atoms with Crippen molar-refractivity contribution < 1.29 is 9.13 Å². The number of benzene rings is 1. The predicted octanol–water partition coefficient (Wildman–Crippen LogP) is 3.28. The van der Waals surface area contributed by atoms with Crippen LogP contribution in [0.1, 0.15) is 37.9 Å². The van der Waals surface area contributed by atoms with Crippen molar-refractivity contribution >= 4 is 5.69 Å². The molecule has 2 atom stereocenters. The van der Waals surface area contributed by atoms with E-state index in [1.165, 1.54) is 0 Å². The van der Waals surface area contributed by atoms with Crippen LogP contribution in [0, 0.1) is 12.7 Å². The van der Waals surface area contributed by atoms with Crippen LogP contribution in [-0.2, 0) is 4.74 Å². The van der Waals surface area contributed by atoms with Crippen molar-refractivity contribution in [3.8, 4) is 0 Å². The van der Waals surface area contributed by atoms with E-state index in [9.17, 15) is 4.39 Å². The highest BCUT2D eigenvalue weighted by molar-refractivity contribution is 5.57. The third-order valence-corrected chi connectivity index (χ3v) is 3.80. The van der Waals surface area contributed by atoms with Crippen LogP contribution in [0.4, 0.5) is 10.1 Å². The molecule has 2 unspecified atom stereocenters. The molecule has 3 nitrogen and oxygen atoms in total. The van der Waals surface area contributed by atoms with Gasteiger partial charge in [0.1, 0.15) is 5.82 Å². The van der Waals surface area contributed by atoms with Crippen molar-refractivity contribution in [3.05, 3.63) is 29.1 Å². The summed E-state index contributed by atoms with van der Waals surface area (Å²) in [5.41, 5.74) is 2.74. The lowest BCUT2D eigenvalue weighted by Gasteiger charge is -2.33. The number of nitrogens with one attached hydrogen (secondary N) is 1. The summed E-state index contributed by atoms with van der Waals surface area (Å²) in [6, 6.07) is 3.93. The highest BCUT2D eigenvalue weighted by atomic mass is 19.1. The largest absolute Gasteiger partial charge is 0.383 e. The van der Waals surface area contributed by atoms with Gasteiger partial charge >= 0.3 is 0 Å². The highest BCUT2D eigenvalue weighted by Gasteiger charge is 2.20. The predicted molar refractivity (Wildman–Crippen MR) is 83.0 cm³/mol. The molecular formula is C16H27FN2O. The SMILES string of the molecule is CCN(c1cc(C)c(F)cc1C(C)NC)C(C)COC. The summed E-state index contributed by atoms with van der Waals surface area (Å²) in [7, 11) is 3.60. The molecule has 1 aromatic carbocycles. The molecule has 1 aromatic rings. The van der Waals surface area contributed by atoms with E-state index in [0.717, 1.165) is 17.8 Å². The zero-order valence-corrected chi connectivity index (χ0v) is 13.5. The van der Waals surface area contributed by atoms with Crippen LogP contribution in [0.5, 0.6) is 0 Å². The molecule has 0 amide bonds. The standard InChI is InChI=1S/C16H27FN2O/c1-7-19(12(3)10-20-6)16-8-11(2)15(17)9-14(16)13(4)18-5/h8-9,12-13,18H,7,10H2,1-6H3. The van der Waals surface area contributed by atoms with Crippen LogP contribution in [-0.4, -0.2) is 33.4 Å². The summed E-state index contributed by atoms with van der Waals surface area (Å²) in [4.78, 5) is 2.26. The summed E-state index contributed by atoms with van der Waals surface area (Å²) in [6.45, 7) is 9.60. The van der Waals surface area contributed by atoms with Crippen molar-refractivity contribution in [3.63, 3.8) is 0 Å². The molecule has 0 spiro atoms. The topological polar surface area (TPSA) is 24.5 Å². The molecule has 0 aliphatic carbocycles. The van der Waals surface area contributed by atoms with Crippen LogP contribution in [0.15, 0.2) is 12.1 Å². The number of methoxy groups -OCH3 is 1. The van der Waals surface area contributed by atoms with Crippen molar-refractivity contribution in [1.29, 1.82) is 0 Å². The van der Waals surface area contributed by atoms with E-state index in [1.54, 1.807) is 13.2 Å². The molecule has 0 aromatic heterocycles. The van der Waals surface area contributed by atoms with E-state index in [-0.39, 0.29) is 17.9 Å². The van der Waals surface area contributed by atoms with Crippen molar-refractivity contribution in [2.24, 2.45) is 0 Å². The molecular weight excluding hydrogens is 255 g/mol. The number of hydrogen-bond donors (Lipinski definition) is 1. The summed E-state index contributed by atoms with van der Waals surface area (Å²) < 4.78 is 19.2. The molecule has 0 bridgehead atoms. The van der Waals surface area contributed by atoms with Gasteiger partial charge in [0.2, 0.25) is 0 Å². The minimum atomic E-state index is -0.152. The second-order valence-corrected chi connectivity index (χ2v) is 5.26. The molecule has 0 aliphatic rings. The maximum atomic E-state index is 13.9. The van der Waals surface area contributed by atoms with Gasteiger partial charge in [0, 0.05) is 31.4 Å². The Bertz CT molecular complexity index is 437. The van der Waals surface area contributed by atoms with Gasteiger partial charge in [0.25, 0.3) is 0 Å². The van der Waals surface area contributed by atoms with Crippen LogP contribution < -0.4 is 10.2 Å². The fraction of sp³-hybridized carbons (Fsp3) is 0.625. The Labute approximate surface area is 122 Å². The van der Waals surface area contributed by atoms with Crippen LogP contribution in [0.2, 0.25) is 0 Å². The van der Waals surface area contributed by atoms with Crippen LogP contribution >= 0.6 is 0 Å². The second-order valence-electron chi connectivity index (χ2n) is 5.26. The third-order valence-electron chi connectivity index (χ3n) is 3.80. The van der Waals surface area contributed by atoms with Gasteiger partial charge in [-0.1, -0.05) is 0 Å². The first-order valence-corrected chi connectivity index (χ1v) is 7.19. The minimum absolute atomic E-state index is 0.101. The first-order chi connectivity index (χ1) is 9.46. The Kier molecular flexibility index (Phi) is 6.43. The van der Waals surface area contributed by atoms with Gasteiger partial charge in [-0.2, -0.15) is 0 Å². The van der Waals surface area contributed by atoms with E-state index in [1.807, 2.05) is 27.0 Å². The Morgan fingerprint density at radius 3 is 2.50 bits per heavy atom. The van der Waals surface area contributed by atoms with Gasteiger partial charge in [0.15, 0.2) is 0 Å². The number of hydrogen-bond acceptors (Lipinski definition) is 3.